The Morgan fingerprint density at radius 3 is 2.52 bits per heavy atom. The largest absolute Gasteiger partial charge is 0.497 e. The van der Waals surface area contributed by atoms with Crippen LogP contribution >= 0.6 is 0 Å². The minimum Gasteiger partial charge on any atom is -0.497 e. The van der Waals surface area contributed by atoms with Crippen LogP contribution in [-0.2, 0) is 0 Å². The second kappa shape index (κ2) is 6.32. The first kappa shape index (κ1) is 15.3. The van der Waals surface area contributed by atoms with E-state index >= 15 is 0 Å². The lowest BCUT2D eigenvalue weighted by Crippen LogP contribution is -2.02. The highest BCUT2D eigenvalue weighted by Crippen LogP contribution is 2.24. The molecule has 4 rings (SSSR count). The van der Waals surface area contributed by atoms with Crippen LogP contribution in [0.25, 0.3) is 16.7 Å². The van der Waals surface area contributed by atoms with Gasteiger partial charge in [-0.2, -0.15) is 0 Å². The van der Waals surface area contributed by atoms with E-state index in [2.05, 4.69) is 47.1 Å². The van der Waals surface area contributed by atoms with Crippen molar-refractivity contribution >= 4 is 22.4 Å². The second-order valence-corrected chi connectivity index (χ2v) is 5.91. The zero-order valence-corrected chi connectivity index (χ0v) is 14.2. The number of ether oxygens (including phenoxy) is 1. The summed E-state index contributed by atoms with van der Waals surface area (Å²) in [6, 6.07) is 24.3. The minimum absolute atomic E-state index is 0.805. The van der Waals surface area contributed by atoms with Crippen molar-refractivity contribution in [2.24, 2.45) is 0 Å². The maximum absolute atomic E-state index is 5.19. The lowest BCUT2D eigenvalue weighted by atomic mass is 10.2. The van der Waals surface area contributed by atoms with E-state index in [1.807, 2.05) is 42.5 Å². The Morgan fingerprint density at radius 1 is 0.920 bits per heavy atom. The van der Waals surface area contributed by atoms with Crippen molar-refractivity contribution in [3.63, 3.8) is 0 Å². The number of aromatic nitrogens is 2. The summed E-state index contributed by atoms with van der Waals surface area (Å²) in [5.74, 6) is 2.54. The van der Waals surface area contributed by atoms with Gasteiger partial charge in [-0.05, 0) is 55.5 Å². The van der Waals surface area contributed by atoms with E-state index < -0.39 is 0 Å². The number of anilines is 2. The van der Waals surface area contributed by atoms with Gasteiger partial charge in [0.1, 0.15) is 17.4 Å². The van der Waals surface area contributed by atoms with Crippen molar-refractivity contribution < 1.29 is 4.74 Å². The molecule has 0 bridgehead atoms. The fourth-order valence-corrected chi connectivity index (χ4v) is 3.04. The third kappa shape index (κ3) is 2.94. The van der Waals surface area contributed by atoms with Gasteiger partial charge in [0, 0.05) is 16.8 Å². The third-order valence-electron chi connectivity index (χ3n) is 4.22. The number of benzene rings is 2. The molecule has 25 heavy (non-hydrogen) atoms. The Kier molecular flexibility index (Phi) is 3.86. The van der Waals surface area contributed by atoms with Crippen LogP contribution in [0.3, 0.4) is 0 Å². The van der Waals surface area contributed by atoms with Gasteiger partial charge in [-0.3, -0.25) is 4.57 Å². The van der Waals surface area contributed by atoms with E-state index in [1.165, 1.54) is 5.39 Å². The first-order valence-corrected chi connectivity index (χ1v) is 8.20. The number of para-hydroxylation sites is 1. The van der Waals surface area contributed by atoms with Gasteiger partial charge in [-0.15, -0.1) is 0 Å². The Morgan fingerprint density at radius 2 is 1.72 bits per heavy atom. The van der Waals surface area contributed by atoms with Gasteiger partial charge < -0.3 is 10.1 Å². The summed E-state index contributed by atoms with van der Waals surface area (Å²) < 4.78 is 7.37. The van der Waals surface area contributed by atoms with Crippen molar-refractivity contribution in [3.05, 3.63) is 78.5 Å². The van der Waals surface area contributed by atoms with E-state index in [0.717, 1.165) is 34.3 Å². The van der Waals surface area contributed by atoms with E-state index in [9.17, 15) is 0 Å². The van der Waals surface area contributed by atoms with Gasteiger partial charge in [0.25, 0.3) is 0 Å². The molecule has 0 unspecified atom stereocenters. The lowest BCUT2D eigenvalue weighted by Gasteiger charge is -2.11. The molecule has 0 atom stereocenters. The van der Waals surface area contributed by atoms with Crippen molar-refractivity contribution in [1.82, 2.24) is 9.55 Å². The molecule has 0 amide bonds. The molecule has 0 radical (unpaired) electrons. The van der Waals surface area contributed by atoms with Crippen molar-refractivity contribution in [2.75, 3.05) is 12.4 Å². The van der Waals surface area contributed by atoms with Crippen LogP contribution in [0.1, 0.15) is 5.69 Å². The highest BCUT2D eigenvalue weighted by atomic mass is 16.5. The number of pyridine rings is 1. The molecule has 0 saturated heterocycles. The summed E-state index contributed by atoms with van der Waals surface area (Å²) in [4.78, 5) is 4.78. The summed E-state index contributed by atoms with van der Waals surface area (Å²) in [7, 11) is 1.66. The normalized spacial score (nSPS) is 10.8. The Balaban J connectivity index is 1.70. The van der Waals surface area contributed by atoms with E-state index in [4.69, 9.17) is 9.72 Å². The van der Waals surface area contributed by atoms with Crippen LogP contribution in [-0.4, -0.2) is 16.7 Å². The van der Waals surface area contributed by atoms with Crippen LogP contribution < -0.4 is 10.1 Å². The lowest BCUT2D eigenvalue weighted by molar-refractivity contribution is 0.415. The smallest absolute Gasteiger partial charge is 0.139 e. The Hall–Kier alpha value is -3.27. The predicted octanol–water partition coefficient (Wildman–Crippen LogP) is 5.09. The maximum Gasteiger partial charge on any atom is 0.139 e. The average molecular weight is 329 g/mol. The maximum atomic E-state index is 5.19. The number of nitrogens with one attached hydrogen (secondary N) is 1. The monoisotopic (exact) mass is 329 g/mol. The van der Waals surface area contributed by atoms with Crippen molar-refractivity contribution in [3.8, 4) is 11.6 Å². The van der Waals surface area contributed by atoms with Gasteiger partial charge in [0.15, 0.2) is 0 Å². The van der Waals surface area contributed by atoms with Crippen molar-refractivity contribution in [2.45, 2.75) is 6.92 Å². The van der Waals surface area contributed by atoms with Crippen molar-refractivity contribution in [1.29, 1.82) is 0 Å². The zero-order valence-electron chi connectivity index (χ0n) is 14.2. The summed E-state index contributed by atoms with van der Waals surface area (Å²) in [6.45, 7) is 2.10. The quantitative estimate of drug-likeness (QED) is 0.567. The predicted molar refractivity (Wildman–Crippen MR) is 102 cm³/mol. The first-order valence-electron chi connectivity index (χ1n) is 8.20. The van der Waals surface area contributed by atoms with Gasteiger partial charge in [0.05, 0.1) is 12.6 Å². The molecule has 0 aliphatic carbocycles. The topological polar surface area (TPSA) is 39.1 Å². The Bertz CT molecular complexity index is 1020. The summed E-state index contributed by atoms with van der Waals surface area (Å²) in [5, 5.41) is 4.56. The number of nitrogens with zero attached hydrogens (tertiary/aromatic N) is 2. The molecule has 0 spiro atoms. The molecule has 0 aliphatic rings. The number of aryl methyl sites for hydroxylation is 1. The summed E-state index contributed by atoms with van der Waals surface area (Å²) in [5.41, 5.74) is 3.30. The highest BCUT2D eigenvalue weighted by Gasteiger charge is 2.08. The molecular weight excluding hydrogens is 310 g/mol. The molecule has 0 aliphatic heterocycles. The SMILES string of the molecule is COc1ccc(Nc2cccc(-n3c(C)cc4ccccc43)n2)cc1. The number of rotatable bonds is 4. The molecule has 2 aromatic carbocycles. The molecule has 2 heterocycles. The molecule has 4 heteroatoms. The number of methoxy groups -OCH3 is 1. The summed E-state index contributed by atoms with van der Waals surface area (Å²) >= 11 is 0. The van der Waals surface area contributed by atoms with E-state index in [1.54, 1.807) is 7.11 Å². The highest BCUT2D eigenvalue weighted by molar-refractivity contribution is 5.83. The van der Waals surface area contributed by atoms with Crippen LogP contribution in [0.5, 0.6) is 5.75 Å². The molecule has 2 aromatic heterocycles. The third-order valence-corrected chi connectivity index (χ3v) is 4.22. The molecule has 4 aromatic rings. The van der Waals surface area contributed by atoms with Crippen LogP contribution in [0.4, 0.5) is 11.5 Å². The fraction of sp³-hybridized carbons (Fsp3) is 0.0952. The zero-order chi connectivity index (χ0) is 17.2. The standard InChI is InChI=1S/C21H19N3O/c1-15-14-16-6-3-4-7-19(16)24(15)21-9-5-8-20(23-21)22-17-10-12-18(25-2)13-11-17/h3-14H,1-2H3,(H,22,23). The molecule has 0 saturated carbocycles. The molecule has 124 valence electrons. The second-order valence-electron chi connectivity index (χ2n) is 5.91. The van der Waals surface area contributed by atoms with Crippen LogP contribution in [0.2, 0.25) is 0 Å². The summed E-state index contributed by atoms with van der Waals surface area (Å²) in [6.07, 6.45) is 0. The van der Waals surface area contributed by atoms with E-state index in [0.29, 0.717) is 0 Å². The fourth-order valence-electron chi connectivity index (χ4n) is 3.04. The molecule has 4 nitrogen and oxygen atoms in total. The van der Waals surface area contributed by atoms with Gasteiger partial charge in [-0.1, -0.05) is 24.3 Å². The van der Waals surface area contributed by atoms with Gasteiger partial charge in [-0.25, -0.2) is 4.98 Å². The van der Waals surface area contributed by atoms with Gasteiger partial charge in [0.2, 0.25) is 0 Å². The Labute approximate surface area is 146 Å². The molecule has 0 fully saturated rings. The van der Waals surface area contributed by atoms with Gasteiger partial charge >= 0.3 is 0 Å². The van der Waals surface area contributed by atoms with Crippen LogP contribution in [0, 0.1) is 6.92 Å². The molecular formula is C21H19N3O. The molecule has 1 N–H and O–H groups in total. The van der Waals surface area contributed by atoms with Crippen LogP contribution in [0.15, 0.2) is 72.8 Å². The van der Waals surface area contributed by atoms with E-state index in [-0.39, 0.29) is 0 Å². The number of hydrogen-bond acceptors (Lipinski definition) is 3. The minimum atomic E-state index is 0.805. The average Bonchev–Trinajstić information content (AvgIpc) is 2.98. The first-order chi connectivity index (χ1) is 12.2. The number of hydrogen-bond donors (Lipinski definition) is 1. The number of fused-ring (bicyclic) bond motifs is 1.